The Morgan fingerprint density at radius 3 is 2.15 bits per heavy atom. The predicted octanol–water partition coefficient (Wildman–Crippen LogP) is 3.42. The summed E-state index contributed by atoms with van der Waals surface area (Å²) in [5.41, 5.74) is 1.26. The first-order valence-corrected chi connectivity index (χ1v) is 11.6. The summed E-state index contributed by atoms with van der Waals surface area (Å²) in [4.78, 5) is 51.6. The fraction of sp³-hybridized carbons (Fsp3) is 0.385. The maximum absolute atomic E-state index is 12.9. The Morgan fingerprint density at radius 2 is 1.56 bits per heavy atom. The quantitative estimate of drug-likeness (QED) is 0.500. The molecule has 3 amide bonds. The van der Waals surface area contributed by atoms with Crippen molar-refractivity contribution in [3.05, 3.63) is 54.1 Å². The van der Waals surface area contributed by atoms with Crippen molar-refractivity contribution < 1.29 is 28.7 Å². The number of fused-ring (bicyclic) bond motifs is 5. The highest BCUT2D eigenvalue weighted by Gasteiger charge is 2.61. The summed E-state index contributed by atoms with van der Waals surface area (Å²) in [6.45, 7) is 2.00. The highest BCUT2D eigenvalue weighted by Crippen LogP contribution is 2.56. The maximum Gasteiger partial charge on any atom is 0.338 e. The Morgan fingerprint density at radius 1 is 0.941 bits per heavy atom. The third-order valence-corrected chi connectivity index (χ3v) is 7.07. The molecule has 2 saturated carbocycles. The fourth-order valence-corrected chi connectivity index (χ4v) is 5.62. The molecule has 2 aromatic carbocycles. The number of nitrogens with one attached hydrogen (secondary N) is 1. The molecule has 3 aliphatic rings. The smallest absolute Gasteiger partial charge is 0.338 e. The van der Waals surface area contributed by atoms with Gasteiger partial charge in [-0.2, -0.15) is 0 Å². The van der Waals surface area contributed by atoms with Crippen LogP contribution >= 0.6 is 0 Å². The van der Waals surface area contributed by atoms with E-state index in [2.05, 4.69) is 5.32 Å². The molecule has 0 spiro atoms. The molecule has 1 heterocycles. The molecule has 5 rings (SSSR count). The van der Waals surface area contributed by atoms with E-state index >= 15 is 0 Å². The summed E-state index contributed by atoms with van der Waals surface area (Å²) in [6, 6.07) is 13.0. The Balaban J connectivity index is 1.16. The van der Waals surface area contributed by atoms with E-state index in [1.54, 1.807) is 36.4 Å². The molecular weight excluding hydrogens is 436 g/mol. The van der Waals surface area contributed by atoms with Crippen LogP contribution in [0.5, 0.6) is 5.75 Å². The molecule has 8 nitrogen and oxygen atoms in total. The van der Waals surface area contributed by atoms with Gasteiger partial charge in [0.2, 0.25) is 11.8 Å². The van der Waals surface area contributed by atoms with E-state index in [-0.39, 0.29) is 29.2 Å². The van der Waals surface area contributed by atoms with Crippen LogP contribution < -0.4 is 15.0 Å². The Hall–Kier alpha value is -3.68. The fourth-order valence-electron chi connectivity index (χ4n) is 5.62. The van der Waals surface area contributed by atoms with Crippen LogP contribution in [0.4, 0.5) is 11.4 Å². The second-order valence-electron chi connectivity index (χ2n) is 9.03. The van der Waals surface area contributed by atoms with Crippen LogP contribution in [-0.2, 0) is 19.1 Å². The number of imide groups is 1. The minimum Gasteiger partial charge on any atom is -0.494 e. The molecule has 1 N–H and O–H groups in total. The summed E-state index contributed by atoms with van der Waals surface area (Å²) in [5, 5.41) is 2.65. The number of carbonyl (C=O) groups is 4. The van der Waals surface area contributed by atoms with E-state index < -0.39 is 18.5 Å². The van der Waals surface area contributed by atoms with Gasteiger partial charge in [-0.25, -0.2) is 4.79 Å². The van der Waals surface area contributed by atoms with Crippen molar-refractivity contribution in [2.75, 3.05) is 23.4 Å². The molecular formula is C26H26N2O6. The van der Waals surface area contributed by atoms with Gasteiger partial charge >= 0.3 is 5.97 Å². The Bertz CT molecular complexity index is 1100. The number of nitrogens with zero attached hydrogens (tertiary/aromatic N) is 1. The second kappa shape index (κ2) is 8.93. The van der Waals surface area contributed by atoms with E-state index in [9.17, 15) is 19.2 Å². The topological polar surface area (TPSA) is 102 Å². The first kappa shape index (κ1) is 22.1. The van der Waals surface area contributed by atoms with Crippen LogP contribution in [0.3, 0.4) is 0 Å². The van der Waals surface area contributed by atoms with Gasteiger partial charge in [-0.15, -0.1) is 0 Å². The molecule has 2 bridgehead atoms. The minimum atomic E-state index is -0.664. The van der Waals surface area contributed by atoms with E-state index in [1.807, 2.05) is 6.92 Å². The number of anilines is 2. The molecule has 1 saturated heterocycles. The SMILES string of the molecule is CCOc1ccc(NC(=O)COC(=O)c2ccc(N3C(=O)[C@@H]4[C@H]5CC[C@@H](C5)[C@@H]4C3=O)cc2)cc1. The van der Waals surface area contributed by atoms with E-state index in [4.69, 9.17) is 9.47 Å². The largest absolute Gasteiger partial charge is 0.494 e. The van der Waals surface area contributed by atoms with Crippen molar-refractivity contribution in [1.29, 1.82) is 0 Å². The van der Waals surface area contributed by atoms with Crippen LogP contribution in [0, 0.1) is 23.7 Å². The number of amides is 3. The van der Waals surface area contributed by atoms with E-state index in [0.29, 0.717) is 35.6 Å². The third-order valence-electron chi connectivity index (χ3n) is 7.07. The first-order valence-electron chi connectivity index (χ1n) is 11.6. The summed E-state index contributed by atoms with van der Waals surface area (Å²) in [7, 11) is 0. The number of hydrogen-bond acceptors (Lipinski definition) is 6. The lowest BCUT2D eigenvalue weighted by molar-refractivity contribution is -0.123. The number of hydrogen-bond donors (Lipinski definition) is 1. The van der Waals surface area contributed by atoms with Crippen molar-refractivity contribution in [2.24, 2.45) is 23.7 Å². The molecule has 4 atom stereocenters. The lowest BCUT2D eigenvalue weighted by Crippen LogP contribution is -2.32. The number of esters is 1. The zero-order valence-electron chi connectivity index (χ0n) is 18.9. The monoisotopic (exact) mass is 462 g/mol. The minimum absolute atomic E-state index is 0.122. The van der Waals surface area contributed by atoms with Crippen molar-refractivity contribution in [1.82, 2.24) is 0 Å². The van der Waals surface area contributed by atoms with Crippen LogP contribution in [0.2, 0.25) is 0 Å². The number of ether oxygens (including phenoxy) is 2. The molecule has 2 aliphatic carbocycles. The van der Waals surface area contributed by atoms with Crippen LogP contribution in [-0.4, -0.2) is 36.9 Å². The summed E-state index contributed by atoms with van der Waals surface area (Å²) >= 11 is 0. The van der Waals surface area contributed by atoms with Crippen LogP contribution in [0.25, 0.3) is 0 Å². The molecule has 3 fully saturated rings. The predicted molar refractivity (Wildman–Crippen MR) is 123 cm³/mol. The zero-order chi connectivity index (χ0) is 23.8. The van der Waals surface area contributed by atoms with Gasteiger partial charge in [-0.05, 0) is 86.6 Å². The van der Waals surface area contributed by atoms with Crippen LogP contribution in [0.1, 0.15) is 36.5 Å². The molecule has 1 aliphatic heterocycles. The van der Waals surface area contributed by atoms with Crippen molar-refractivity contribution in [3.8, 4) is 5.75 Å². The Kier molecular flexibility index (Phi) is 5.81. The first-order chi connectivity index (χ1) is 16.5. The molecule has 0 aromatic heterocycles. The van der Waals surface area contributed by atoms with Gasteiger partial charge in [0.05, 0.1) is 29.7 Å². The van der Waals surface area contributed by atoms with Gasteiger partial charge in [-0.1, -0.05) is 0 Å². The highest BCUT2D eigenvalue weighted by atomic mass is 16.5. The molecule has 34 heavy (non-hydrogen) atoms. The average molecular weight is 463 g/mol. The summed E-state index contributed by atoms with van der Waals surface area (Å²) in [6.07, 6.45) is 3.03. The average Bonchev–Trinajstić information content (AvgIpc) is 3.53. The second-order valence-corrected chi connectivity index (χ2v) is 9.03. The normalized spacial score (nSPS) is 24.8. The zero-order valence-corrected chi connectivity index (χ0v) is 18.9. The molecule has 0 unspecified atom stereocenters. The lowest BCUT2D eigenvalue weighted by atomic mass is 9.81. The van der Waals surface area contributed by atoms with Crippen molar-refractivity contribution >= 4 is 35.1 Å². The van der Waals surface area contributed by atoms with Gasteiger partial charge in [0, 0.05) is 5.69 Å². The molecule has 8 heteroatoms. The Labute approximate surface area is 197 Å². The van der Waals surface area contributed by atoms with E-state index in [1.165, 1.54) is 17.0 Å². The third kappa shape index (κ3) is 3.93. The molecule has 0 radical (unpaired) electrons. The lowest BCUT2D eigenvalue weighted by Gasteiger charge is -2.19. The standard InChI is InChI=1S/C26H26N2O6/c1-2-33-20-11-7-18(8-12-20)27-21(29)14-34-26(32)15-5-9-19(10-6-15)28-24(30)22-16-3-4-17(13-16)23(22)25(28)31/h5-12,16-17,22-23H,2-4,13-14H2,1H3,(H,27,29)/t16-,17-,22-,23+/m0/s1. The van der Waals surface area contributed by atoms with Gasteiger partial charge < -0.3 is 14.8 Å². The van der Waals surface area contributed by atoms with E-state index in [0.717, 1.165) is 19.3 Å². The van der Waals surface area contributed by atoms with Crippen molar-refractivity contribution in [3.63, 3.8) is 0 Å². The van der Waals surface area contributed by atoms with Gasteiger partial charge in [0.15, 0.2) is 6.61 Å². The summed E-state index contributed by atoms with van der Waals surface area (Å²) in [5.74, 6) is -0.422. The van der Waals surface area contributed by atoms with Crippen LogP contribution in [0.15, 0.2) is 48.5 Å². The maximum atomic E-state index is 12.9. The summed E-state index contributed by atoms with van der Waals surface area (Å²) < 4.78 is 10.5. The van der Waals surface area contributed by atoms with Gasteiger partial charge in [-0.3, -0.25) is 19.3 Å². The molecule has 2 aromatic rings. The number of rotatable bonds is 7. The van der Waals surface area contributed by atoms with Crippen molar-refractivity contribution in [2.45, 2.75) is 26.2 Å². The van der Waals surface area contributed by atoms with Gasteiger partial charge in [0.25, 0.3) is 5.91 Å². The number of carbonyl (C=O) groups excluding carboxylic acids is 4. The van der Waals surface area contributed by atoms with Gasteiger partial charge in [0.1, 0.15) is 5.75 Å². The highest BCUT2D eigenvalue weighted by molar-refractivity contribution is 6.22. The molecule has 176 valence electrons. The number of benzene rings is 2.